The summed E-state index contributed by atoms with van der Waals surface area (Å²) in [6, 6.07) is 21.3. The minimum atomic E-state index is 0. The highest BCUT2D eigenvalue weighted by molar-refractivity contribution is 5.15. The van der Waals surface area contributed by atoms with Gasteiger partial charge in [-0.1, -0.05) is 390 Å². The summed E-state index contributed by atoms with van der Waals surface area (Å²) >= 11 is 0. The highest BCUT2D eigenvalue weighted by Gasteiger charge is 2.21. The van der Waals surface area contributed by atoms with E-state index in [0.29, 0.717) is 0 Å². The fourth-order valence-electron chi connectivity index (χ4n) is 9.90. The topological polar surface area (TPSA) is 0 Å². The van der Waals surface area contributed by atoms with Gasteiger partial charge in [0.15, 0.2) is 0 Å². The third kappa shape index (κ3) is 93.5. The molecule has 3 saturated carbocycles. The van der Waals surface area contributed by atoms with Crippen molar-refractivity contribution in [3.8, 4) is 0 Å². The summed E-state index contributed by atoms with van der Waals surface area (Å²) in [5.41, 5.74) is 2.90. The molecule has 0 heterocycles. The molecule has 0 spiro atoms. The Bertz CT molecular complexity index is 1340. The zero-order chi connectivity index (χ0) is 59.0. The molecule has 5 rings (SSSR count). The van der Waals surface area contributed by atoms with Crippen LogP contribution in [0.4, 0.5) is 0 Å². The Balaban J connectivity index is -0.0000000619. The van der Waals surface area contributed by atoms with E-state index in [-0.39, 0.29) is 66.8 Å². The highest BCUT2D eigenvalue weighted by Crippen LogP contribution is 2.35. The lowest BCUT2D eigenvalue weighted by atomic mass is 9.84. The normalized spacial score (nSPS) is 13.4. The molecule has 0 radical (unpaired) electrons. The van der Waals surface area contributed by atoms with E-state index in [1.807, 2.05) is 6.08 Å². The molecule has 0 bridgehead atoms. The maximum atomic E-state index is 3.60. The Hall–Kier alpha value is -1.82. The summed E-state index contributed by atoms with van der Waals surface area (Å²) in [4.78, 5) is 0. The number of hydrogen-bond donors (Lipinski definition) is 0. The average Bonchev–Trinajstić information content (AvgIpc) is 4.16. The van der Waals surface area contributed by atoms with Crippen molar-refractivity contribution in [2.45, 2.75) is 375 Å². The van der Waals surface area contributed by atoms with Crippen molar-refractivity contribution in [2.24, 2.45) is 94.7 Å². The Labute approximate surface area is 551 Å². The standard InChI is InChI=1S/C11H16.2C10H20.C10H14.C8H18.C7H14.2C7H16.C6H12.9CH4/c1-10(2)8-9-11-6-4-3-5-7-11;3*1-9(2)8-10-6-4-3-5-7-10;1-6(2)8(5)7(3)4;1-6(2)5-7-3-4-7;1-6(2)5-7(3)4;1-5-7(4)6(2)3;1-4-5-6(2)3;;;;;;;;;/h3-7,10H,8-9H2,1-2H3;2*9-10H,3-8H2,1-2H3;3-7,9H,8H2,1-2H3;6-8H,1-5H3;6-7H,3-5H2,1-2H3;2*6-7H,5H2,1-4H3;4,6H,1,5H2,2-3H3;9*1H4. The van der Waals surface area contributed by atoms with E-state index in [9.17, 15) is 0 Å². The first-order chi connectivity index (χ1) is 35.6. The molecule has 2 aromatic rings. The van der Waals surface area contributed by atoms with Gasteiger partial charge in [0.1, 0.15) is 0 Å². The van der Waals surface area contributed by atoms with E-state index >= 15 is 0 Å². The van der Waals surface area contributed by atoms with Gasteiger partial charge in [0.05, 0.1) is 0 Å². The molecule has 0 nitrogen and oxygen atoms in total. The molecule has 1 unspecified atom stereocenters. The van der Waals surface area contributed by atoms with Gasteiger partial charge >= 0.3 is 0 Å². The second-order valence-corrected chi connectivity index (χ2v) is 28.8. The number of hydrogen-bond acceptors (Lipinski definition) is 0. The smallest absolute Gasteiger partial charge is 0.0256 e. The summed E-state index contributed by atoms with van der Waals surface area (Å²) in [6.07, 6.45) is 31.9. The van der Waals surface area contributed by atoms with E-state index in [1.54, 1.807) is 0 Å². The largest absolute Gasteiger partial charge is 0.103 e. The lowest BCUT2D eigenvalue weighted by Crippen LogP contribution is -2.10. The van der Waals surface area contributed by atoms with Crippen molar-refractivity contribution < 1.29 is 0 Å². The number of rotatable bonds is 19. The van der Waals surface area contributed by atoms with Gasteiger partial charge in [-0.05, 0) is 157 Å². The van der Waals surface area contributed by atoms with Crippen molar-refractivity contribution in [3.63, 3.8) is 0 Å². The Morgan fingerprint density at radius 3 is 0.859 bits per heavy atom. The van der Waals surface area contributed by atoms with Crippen LogP contribution in [-0.4, -0.2) is 0 Å². The van der Waals surface area contributed by atoms with Crippen LogP contribution in [-0.2, 0) is 12.8 Å². The molecule has 0 aromatic heterocycles. The molecular weight excluding hydrogens is 1020 g/mol. The molecule has 0 N–H and O–H groups in total. The average molecular weight is 1200 g/mol. The van der Waals surface area contributed by atoms with Crippen molar-refractivity contribution in [1.29, 1.82) is 0 Å². The minimum Gasteiger partial charge on any atom is -0.103 e. The number of aryl methyl sites for hydroxylation is 1. The first-order valence-electron chi connectivity index (χ1n) is 33.3. The monoisotopic (exact) mass is 1200 g/mol. The summed E-state index contributed by atoms with van der Waals surface area (Å²) in [5.74, 6) is 14.5. The van der Waals surface area contributed by atoms with Crippen LogP contribution in [0.25, 0.3) is 0 Å². The zero-order valence-corrected chi connectivity index (χ0v) is 57.1. The van der Waals surface area contributed by atoms with E-state index in [4.69, 9.17) is 0 Å². The zero-order valence-electron chi connectivity index (χ0n) is 57.1. The van der Waals surface area contributed by atoms with E-state index in [1.165, 1.54) is 140 Å². The van der Waals surface area contributed by atoms with Gasteiger partial charge in [-0.2, -0.15) is 0 Å². The first kappa shape index (κ1) is 114. The highest BCUT2D eigenvalue weighted by atomic mass is 14.3. The number of benzene rings is 2. The van der Waals surface area contributed by atoms with Crippen LogP contribution in [0.15, 0.2) is 73.3 Å². The molecule has 522 valence electrons. The second-order valence-electron chi connectivity index (χ2n) is 28.8. The fraction of sp³-hybridized carbons (Fsp3) is 0.835. The molecule has 3 fully saturated rings. The maximum Gasteiger partial charge on any atom is -0.0256 e. The molecule has 3 aliphatic carbocycles. The van der Waals surface area contributed by atoms with Crippen molar-refractivity contribution >= 4 is 0 Å². The van der Waals surface area contributed by atoms with Crippen LogP contribution in [0.2, 0.25) is 0 Å². The van der Waals surface area contributed by atoms with Crippen molar-refractivity contribution in [3.05, 3.63) is 84.4 Å². The lowest BCUT2D eigenvalue weighted by molar-refractivity contribution is 0.305. The van der Waals surface area contributed by atoms with Crippen LogP contribution in [0.1, 0.15) is 373 Å². The quantitative estimate of drug-likeness (QED) is 0.123. The van der Waals surface area contributed by atoms with Gasteiger partial charge in [0, 0.05) is 0 Å². The van der Waals surface area contributed by atoms with Gasteiger partial charge in [-0.25, -0.2) is 0 Å². The third-order valence-electron chi connectivity index (χ3n) is 15.4. The Morgan fingerprint density at radius 2 is 0.682 bits per heavy atom. The Morgan fingerprint density at radius 1 is 0.365 bits per heavy atom. The SMILES string of the molecule is C.C.C.C.C.C.C.C.C.C=CCC(C)C.CC(C)C(C)C(C)C.CC(C)CC(C)C.CC(C)CC1CC1.CC(C)CC1CCCCC1.CC(C)CC1CCCCC1.CC(C)CCc1ccccc1.CC(C)Cc1ccccc1.CCC(C)C(C)C. The fourth-order valence-corrected chi connectivity index (χ4v) is 9.90. The van der Waals surface area contributed by atoms with Crippen LogP contribution in [0.5, 0.6) is 0 Å². The van der Waals surface area contributed by atoms with Crippen LogP contribution >= 0.6 is 0 Å². The maximum absolute atomic E-state index is 3.60. The van der Waals surface area contributed by atoms with E-state index in [0.717, 1.165) is 101 Å². The van der Waals surface area contributed by atoms with Crippen LogP contribution in [0.3, 0.4) is 0 Å². The lowest BCUT2D eigenvalue weighted by Gasteiger charge is -2.22. The predicted molar refractivity (Wildman–Crippen MR) is 416 cm³/mol. The van der Waals surface area contributed by atoms with Gasteiger partial charge in [-0.15, -0.1) is 6.58 Å². The first-order valence-corrected chi connectivity index (χ1v) is 33.3. The molecule has 0 heteroatoms. The predicted octanol–water partition coefficient (Wildman–Crippen LogP) is 32.1. The second kappa shape index (κ2) is 76.4. The molecule has 0 saturated heterocycles. The van der Waals surface area contributed by atoms with Crippen molar-refractivity contribution in [2.75, 3.05) is 0 Å². The summed E-state index contributed by atoms with van der Waals surface area (Å²) in [5, 5.41) is 0. The van der Waals surface area contributed by atoms with E-state index in [2.05, 4.69) is 240 Å². The molecular formula is C85H182. The summed E-state index contributed by atoms with van der Waals surface area (Å²) in [6.45, 7) is 60.5. The summed E-state index contributed by atoms with van der Waals surface area (Å²) in [7, 11) is 0. The molecule has 1 atom stereocenters. The van der Waals surface area contributed by atoms with Gasteiger partial charge in [-0.3, -0.25) is 0 Å². The third-order valence-corrected chi connectivity index (χ3v) is 15.4. The number of allylic oxidation sites excluding steroid dienone is 1. The van der Waals surface area contributed by atoms with E-state index < -0.39 is 0 Å². The van der Waals surface area contributed by atoms with Gasteiger partial charge < -0.3 is 0 Å². The van der Waals surface area contributed by atoms with Gasteiger partial charge in [0.25, 0.3) is 0 Å². The van der Waals surface area contributed by atoms with Gasteiger partial charge in [0.2, 0.25) is 0 Å². The van der Waals surface area contributed by atoms with Crippen molar-refractivity contribution in [1.82, 2.24) is 0 Å². The van der Waals surface area contributed by atoms with Crippen LogP contribution in [0, 0.1) is 94.7 Å². The molecule has 0 aliphatic heterocycles. The minimum absolute atomic E-state index is 0. The molecule has 85 heavy (non-hydrogen) atoms. The van der Waals surface area contributed by atoms with Crippen LogP contribution < -0.4 is 0 Å². The Kier molecular flexibility index (Phi) is 103. The molecule has 0 amide bonds. The molecule has 3 aliphatic rings. The molecule has 2 aromatic carbocycles. The summed E-state index contributed by atoms with van der Waals surface area (Å²) < 4.78 is 0.